The number of aromatic amines is 1. The van der Waals surface area contributed by atoms with Crippen molar-refractivity contribution in [2.24, 2.45) is 12.8 Å². The zero-order chi connectivity index (χ0) is 15.6. The summed E-state index contributed by atoms with van der Waals surface area (Å²) in [6, 6.07) is 0.111. The molecule has 0 amide bonds. The lowest BCUT2D eigenvalue weighted by molar-refractivity contribution is 0.628. The number of nitrogens with one attached hydrogen (secondary N) is 1. The molecule has 116 valence electrons. The van der Waals surface area contributed by atoms with Crippen molar-refractivity contribution in [1.82, 2.24) is 24.5 Å². The van der Waals surface area contributed by atoms with Crippen LogP contribution in [0.4, 0.5) is 0 Å². The van der Waals surface area contributed by atoms with E-state index in [1.54, 1.807) is 4.57 Å². The van der Waals surface area contributed by atoms with Gasteiger partial charge < -0.3 is 5.73 Å². The van der Waals surface area contributed by atoms with Gasteiger partial charge in [-0.2, -0.15) is 5.10 Å². The zero-order valence-electron chi connectivity index (χ0n) is 12.9. The van der Waals surface area contributed by atoms with Gasteiger partial charge in [-0.1, -0.05) is 6.92 Å². The molecule has 2 heterocycles. The lowest BCUT2D eigenvalue weighted by atomic mass is 10.1. The number of hydrogen-bond acceptors (Lipinski definition) is 5. The third-order valence-electron chi connectivity index (χ3n) is 3.51. The molecule has 2 aromatic heterocycles. The van der Waals surface area contributed by atoms with Gasteiger partial charge in [0.25, 0.3) is 0 Å². The first kappa shape index (κ1) is 15.8. The van der Waals surface area contributed by atoms with Crippen LogP contribution in [0.15, 0.2) is 15.0 Å². The van der Waals surface area contributed by atoms with Gasteiger partial charge in [0.2, 0.25) is 0 Å². The molecule has 0 aromatic carbocycles. The molecule has 2 aromatic rings. The fourth-order valence-electron chi connectivity index (χ4n) is 2.20. The minimum atomic E-state index is -0.189. The quantitative estimate of drug-likeness (QED) is 0.832. The average molecular weight is 310 g/mol. The highest BCUT2D eigenvalue weighted by Gasteiger charge is 2.19. The van der Waals surface area contributed by atoms with Crippen LogP contribution >= 0.6 is 11.8 Å². The van der Waals surface area contributed by atoms with E-state index in [-0.39, 0.29) is 11.7 Å². The average Bonchev–Trinajstić information content (AvgIpc) is 2.93. The van der Waals surface area contributed by atoms with E-state index in [0.717, 1.165) is 29.1 Å². The molecule has 1 atom stereocenters. The Morgan fingerprint density at radius 1 is 1.43 bits per heavy atom. The second-order valence-corrected chi connectivity index (χ2v) is 5.98. The number of H-pyrrole nitrogens is 1. The highest BCUT2D eigenvalue weighted by molar-refractivity contribution is 7.99. The predicted molar refractivity (Wildman–Crippen MR) is 82.6 cm³/mol. The molecular formula is C13H22N6OS. The van der Waals surface area contributed by atoms with Gasteiger partial charge in [0, 0.05) is 25.2 Å². The first-order valence-electron chi connectivity index (χ1n) is 7.09. The van der Waals surface area contributed by atoms with Gasteiger partial charge in [-0.05, 0) is 38.5 Å². The number of rotatable bonds is 6. The molecule has 0 saturated heterocycles. The van der Waals surface area contributed by atoms with Crippen LogP contribution in [0, 0.1) is 6.92 Å². The third-order valence-corrected chi connectivity index (χ3v) is 4.71. The Hall–Kier alpha value is -1.54. The minimum absolute atomic E-state index is 0.111. The van der Waals surface area contributed by atoms with Gasteiger partial charge in [-0.25, -0.2) is 9.89 Å². The number of nitrogens with two attached hydrogens (primary N) is 1. The molecule has 3 N–H and O–H groups in total. The molecule has 0 saturated carbocycles. The van der Waals surface area contributed by atoms with Gasteiger partial charge in [-0.15, -0.1) is 5.10 Å². The second-order valence-electron chi connectivity index (χ2n) is 5.02. The molecule has 0 fully saturated rings. The number of aryl methyl sites for hydroxylation is 2. The Morgan fingerprint density at radius 3 is 2.76 bits per heavy atom. The summed E-state index contributed by atoms with van der Waals surface area (Å²) in [4.78, 5) is 11.6. The molecule has 1 unspecified atom stereocenters. The molecule has 0 bridgehead atoms. The minimum Gasteiger partial charge on any atom is -0.327 e. The maximum atomic E-state index is 11.6. The molecule has 0 radical (unpaired) electrons. The SMILES string of the molecule is CCC(N)Cc1c(C)nn(C)c1Sc1n[nH]c(=O)n1CC. The molecule has 0 spiro atoms. The van der Waals surface area contributed by atoms with E-state index >= 15 is 0 Å². The van der Waals surface area contributed by atoms with E-state index < -0.39 is 0 Å². The predicted octanol–water partition coefficient (Wildman–Crippen LogP) is 1.06. The van der Waals surface area contributed by atoms with Crippen molar-refractivity contribution >= 4 is 11.8 Å². The Balaban J connectivity index is 2.37. The summed E-state index contributed by atoms with van der Waals surface area (Å²) in [6.07, 6.45) is 1.69. The van der Waals surface area contributed by atoms with Crippen LogP contribution < -0.4 is 11.4 Å². The van der Waals surface area contributed by atoms with E-state index in [4.69, 9.17) is 5.73 Å². The van der Waals surface area contributed by atoms with Gasteiger partial charge in [-0.3, -0.25) is 9.25 Å². The van der Waals surface area contributed by atoms with E-state index in [9.17, 15) is 4.79 Å². The smallest absolute Gasteiger partial charge is 0.327 e. The molecule has 0 aliphatic heterocycles. The van der Waals surface area contributed by atoms with Crippen molar-refractivity contribution in [3.8, 4) is 0 Å². The van der Waals surface area contributed by atoms with Crippen LogP contribution in [0.2, 0.25) is 0 Å². The van der Waals surface area contributed by atoms with E-state index in [1.165, 1.54) is 11.8 Å². The fraction of sp³-hybridized carbons (Fsp3) is 0.615. The first-order chi connectivity index (χ1) is 9.97. The largest absolute Gasteiger partial charge is 0.343 e. The number of nitrogens with zero attached hydrogens (tertiary/aromatic N) is 4. The van der Waals surface area contributed by atoms with E-state index in [1.807, 2.05) is 25.6 Å². The Bertz CT molecular complexity index is 671. The van der Waals surface area contributed by atoms with Crippen LogP contribution in [0.25, 0.3) is 0 Å². The highest BCUT2D eigenvalue weighted by atomic mass is 32.2. The van der Waals surface area contributed by atoms with Crippen molar-refractivity contribution in [3.63, 3.8) is 0 Å². The maximum absolute atomic E-state index is 11.6. The summed E-state index contributed by atoms with van der Waals surface area (Å²) in [7, 11) is 1.90. The van der Waals surface area contributed by atoms with Crippen LogP contribution in [-0.4, -0.2) is 30.6 Å². The Labute approximate surface area is 127 Å². The molecule has 0 aliphatic carbocycles. The van der Waals surface area contributed by atoms with Crippen LogP contribution in [0.3, 0.4) is 0 Å². The van der Waals surface area contributed by atoms with Crippen LogP contribution in [0.5, 0.6) is 0 Å². The summed E-state index contributed by atoms with van der Waals surface area (Å²) >= 11 is 1.45. The number of hydrogen-bond donors (Lipinski definition) is 2. The molecule has 21 heavy (non-hydrogen) atoms. The standard InChI is InChI=1S/C13H22N6OS/c1-5-9(14)7-10-8(3)17-18(4)11(10)21-13-16-15-12(20)19(13)6-2/h9H,5-7,14H2,1-4H3,(H,15,20). The molecule has 2 rings (SSSR count). The number of aromatic nitrogens is 5. The van der Waals surface area contributed by atoms with Crippen LogP contribution in [0.1, 0.15) is 31.5 Å². The summed E-state index contributed by atoms with van der Waals surface area (Å²) in [5.74, 6) is 0. The highest BCUT2D eigenvalue weighted by Crippen LogP contribution is 2.30. The van der Waals surface area contributed by atoms with E-state index in [2.05, 4.69) is 22.2 Å². The van der Waals surface area contributed by atoms with Crippen LogP contribution in [-0.2, 0) is 20.0 Å². The summed E-state index contributed by atoms with van der Waals surface area (Å²) in [5.41, 5.74) is 8.00. The van der Waals surface area contributed by atoms with Crippen molar-refractivity contribution in [1.29, 1.82) is 0 Å². The molecule has 7 nitrogen and oxygen atoms in total. The van der Waals surface area contributed by atoms with Gasteiger partial charge in [0.05, 0.1) is 5.69 Å². The summed E-state index contributed by atoms with van der Waals surface area (Å²) in [6.45, 7) is 6.56. The lowest BCUT2D eigenvalue weighted by Crippen LogP contribution is -2.22. The lowest BCUT2D eigenvalue weighted by Gasteiger charge is -2.10. The molecule has 8 heteroatoms. The summed E-state index contributed by atoms with van der Waals surface area (Å²) < 4.78 is 3.44. The molecule has 0 aliphatic rings. The molecular weight excluding hydrogens is 288 g/mol. The monoisotopic (exact) mass is 310 g/mol. The van der Waals surface area contributed by atoms with E-state index in [0.29, 0.717) is 11.7 Å². The second kappa shape index (κ2) is 6.48. The fourth-order valence-corrected chi connectivity index (χ4v) is 3.31. The first-order valence-corrected chi connectivity index (χ1v) is 7.90. The Morgan fingerprint density at radius 2 is 2.14 bits per heavy atom. The van der Waals surface area contributed by atoms with Gasteiger partial charge in [0.15, 0.2) is 5.16 Å². The van der Waals surface area contributed by atoms with Crippen molar-refractivity contribution in [2.75, 3.05) is 0 Å². The Kier molecular flexibility index (Phi) is 4.89. The normalized spacial score (nSPS) is 12.8. The van der Waals surface area contributed by atoms with Gasteiger partial charge in [0.1, 0.15) is 5.03 Å². The topological polar surface area (TPSA) is 94.5 Å². The zero-order valence-corrected chi connectivity index (χ0v) is 13.7. The van der Waals surface area contributed by atoms with Gasteiger partial charge >= 0.3 is 5.69 Å². The summed E-state index contributed by atoms with van der Waals surface area (Å²) in [5, 5.41) is 12.7. The van der Waals surface area contributed by atoms with Crippen molar-refractivity contribution < 1.29 is 0 Å². The van der Waals surface area contributed by atoms with Crippen molar-refractivity contribution in [3.05, 3.63) is 21.7 Å². The maximum Gasteiger partial charge on any atom is 0.343 e. The third kappa shape index (κ3) is 3.21. The van der Waals surface area contributed by atoms with Crippen molar-refractivity contribution in [2.45, 2.75) is 56.4 Å².